The predicted octanol–water partition coefficient (Wildman–Crippen LogP) is 4.65. The molecule has 0 radical (unpaired) electrons. The lowest BCUT2D eigenvalue weighted by molar-refractivity contribution is -0.145. The zero-order valence-electron chi connectivity index (χ0n) is 20.9. The van der Waals surface area contributed by atoms with Gasteiger partial charge in [0.05, 0.1) is 17.9 Å². The molecule has 7 nitrogen and oxygen atoms in total. The number of aromatic nitrogens is 1. The number of aryl methyl sites for hydroxylation is 1. The van der Waals surface area contributed by atoms with Crippen LogP contribution in [0.15, 0.2) is 36.4 Å². The normalized spacial score (nSPS) is 17.1. The van der Waals surface area contributed by atoms with Crippen LogP contribution < -0.4 is 10.1 Å². The molecule has 1 saturated carbocycles. The number of ether oxygens (including phenoxy) is 2. The minimum absolute atomic E-state index is 0.0769. The summed E-state index contributed by atoms with van der Waals surface area (Å²) in [5.74, 6) is -0.448. The fraction of sp³-hybridized carbons (Fsp3) is 0.519. The molecule has 2 heterocycles. The molecule has 9 heteroatoms. The molecule has 0 unspecified atom stereocenters. The van der Waals surface area contributed by atoms with Gasteiger partial charge in [0.1, 0.15) is 5.69 Å². The van der Waals surface area contributed by atoms with Gasteiger partial charge in [-0.1, -0.05) is 38.1 Å². The highest BCUT2D eigenvalue weighted by Gasteiger charge is 2.51. The van der Waals surface area contributed by atoms with Crippen LogP contribution in [0.5, 0.6) is 5.88 Å². The van der Waals surface area contributed by atoms with E-state index in [1.54, 1.807) is 13.0 Å². The number of nitrogens with zero attached hydrogens (tertiary/aromatic N) is 2. The number of pyridine rings is 1. The Morgan fingerprint density at radius 2 is 1.89 bits per heavy atom. The van der Waals surface area contributed by atoms with E-state index in [-0.39, 0.29) is 35.3 Å². The summed E-state index contributed by atoms with van der Waals surface area (Å²) in [7, 11) is 0. The molecule has 1 aliphatic heterocycles. The van der Waals surface area contributed by atoms with E-state index in [4.69, 9.17) is 4.74 Å². The fourth-order valence-electron chi connectivity index (χ4n) is 4.69. The molecule has 194 valence electrons. The van der Waals surface area contributed by atoms with Crippen LogP contribution >= 0.6 is 0 Å². The van der Waals surface area contributed by atoms with Crippen LogP contribution in [-0.2, 0) is 19.7 Å². The molecule has 2 aromatic rings. The molecular formula is C27H33F2N3O4. The van der Waals surface area contributed by atoms with E-state index in [2.05, 4.69) is 33.8 Å². The number of carbonyl (C=O) groups is 2. The Bertz CT molecular complexity index is 1100. The molecule has 1 amide bonds. The van der Waals surface area contributed by atoms with Crippen molar-refractivity contribution in [3.8, 4) is 5.88 Å². The summed E-state index contributed by atoms with van der Waals surface area (Å²) < 4.78 is 35.8. The quantitative estimate of drug-likeness (QED) is 0.357. The maximum absolute atomic E-state index is 13.8. The van der Waals surface area contributed by atoms with Crippen LogP contribution in [0.3, 0.4) is 0 Å². The molecule has 0 spiro atoms. The summed E-state index contributed by atoms with van der Waals surface area (Å²) in [4.78, 5) is 31.7. The van der Waals surface area contributed by atoms with Gasteiger partial charge in [0.2, 0.25) is 11.8 Å². The Labute approximate surface area is 210 Å². The van der Waals surface area contributed by atoms with Gasteiger partial charge in [-0.2, -0.15) is 8.78 Å². The highest BCUT2D eigenvalue weighted by Crippen LogP contribution is 2.40. The molecule has 1 saturated heterocycles. The van der Waals surface area contributed by atoms with Crippen LogP contribution in [0.4, 0.5) is 14.5 Å². The fourth-order valence-corrected chi connectivity index (χ4v) is 4.69. The minimum atomic E-state index is -3.06. The van der Waals surface area contributed by atoms with E-state index in [9.17, 15) is 18.4 Å². The molecule has 36 heavy (non-hydrogen) atoms. The smallest absolute Gasteiger partial charge is 0.388 e. The van der Waals surface area contributed by atoms with Crippen molar-refractivity contribution in [2.75, 3.05) is 31.6 Å². The topological polar surface area (TPSA) is 80.8 Å². The Morgan fingerprint density at radius 3 is 2.56 bits per heavy atom. The molecular weight excluding hydrogens is 468 g/mol. The highest BCUT2D eigenvalue weighted by atomic mass is 19.3. The largest absolute Gasteiger partial charge is 0.465 e. The van der Waals surface area contributed by atoms with Gasteiger partial charge in [0, 0.05) is 25.3 Å². The van der Waals surface area contributed by atoms with Crippen molar-refractivity contribution in [1.29, 1.82) is 0 Å². The summed E-state index contributed by atoms with van der Waals surface area (Å²) in [6, 6.07) is 11.0. The monoisotopic (exact) mass is 501 g/mol. The summed E-state index contributed by atoms with van der Waals surface area (Å²) >= 11 is 0. The van der Waals surface area contributed by atoms with Gasteiger partial charge in [-0.25, -0.2) is 4.98 Å². The molecule has 1 N–H and O–H groups in total. The van der Waals surface area contributed by atoms with Gasteiger partial charge in [-0.3, -0.25) is 9.59 Å². The average Bonchev–Trinajstić information content (AvgIpc) is 3.65. The number of nitrogens with one attached hydrogen (secondary N) is 1. The van der Waals surface area contributed by atoms with E-state index in [0.29, 0.717) is 38.4 Å². The third kappa shape index (κ3) is 5.83. The number of anilines is 1. The van der Waals surface area contributed by atoms with E-state index in [1.165, 1.54) is 6.07 Å². The average molecular weight is 502 g/mol. The number of hydrogen-bond acceptors (Lipinski definition) is 6. The van der Waals surface area contributed by atoms with Crippen molar-refractivity contribution in [1.82, 2.24) is 9.88 Å². The SMILES string of the molecule is Cc1ccc(NC(=O)C2(c3ccccc3C(C)C)CN(CCCOC(=O)C3CC3)C2)c(OC(F)F)n1. The van der Waals surface area contributed by atoms with E-state index in [0.717, 1.165) is 24.0 Å². The van der Waals surface area contributed by atoms with Crippen molar-refractivity contribution in [3.05, 3.63) is 53.2 Å². The molecule has 0 atom stereocenters. The molecule has 2 fully saturated rings. The summed E-state index contributed by atoms with van der Waals surface area (Å²) in [5, 5.41) is 2.82. The Morgan fingerprint density at radius 1 is 1.17 bits per heavy atom. The predicted molar refractivity (Wildman–Crippen MR) is 131 cm³/mol. The second kappa shape index (κ2) is 10.9. The van der Waals surface area contributed by atoms with E-state index in [1.807, 2.05) is 24.3 Å². The first-order valence-electron chi connectivity index (χ1n) is 12.4. The van der Waals surface area contributed by atoms with Crippen LogP contribution in [0.1, 0.15) is 55.8 Å². The van der Waals surface area contributed by atoms with E-state index < -0.39 is 12.0 Å². The maximum Gasteiger partial charge on any atom is 0.388 e. The zero-order chi connectivity index (χ0) is 25.9. The van der Waals surface area contributed by atoms with Crippen molar-refractivity contribution in [3.63, 3.8) is 0 Å². The van der Waals surface area contributed by atoms with Crippen molar-refractivity contribution < 1.29 is 27.8 Å². The number of carbonyl (C=O) groups excluding carboxylic acids is 2. The molecule has 1 aromatic heterocycles. The second-order valence-corrected chi connectivity index (χ2v) is 9.97. The van der Waals surface area contributed by atoms with Crippen LogP contribution in [0, 0.1) is 12.8 Å². The number of esters is 1. The first-order chi connectivity index (χ1) is 17.2. The molecule has 4 rings (SSSR count). The number of benzene rings is 1. The van der Waals surface area contributed by atoms with Gasteiger partial charge in [0.15, 0.2) is 0 Å². The van der Waals surface area contributed by atoms with Crippen molar-refractivity contribution in [2.24, 2.45) is 5.92 Å². The Balaban J connectivity index is 1.51. The highest BCUT2D eigenvalue weighted by molar-refractivity contribution is 6.01. The molecule has 0 bridgehead atoms. The third-order valence-electron chi connectivity index (χ3n) is 6.74. The van der Waals surface area contributed by atoms with Crippen molar-refractivity contribution in [2.45, 2.75) is 58.0 Å². The number of likely N-dealkylation sites (tertiary alicyclic amines) is 1. The van der Waals surface area contributed by atoms with Gasteiger partial charge in [-0.15, -0.1) is 0 Å². The number of rotatable bonds is 11. The summed E-state index contributed by atoms with van der Waals surface area (Å²) in [6.45, 7) is 4.72. The lowest BCUT2D eigenvalue weighted by atomic mass is 9.69. The summed E-state index contributed by atoms with van der Waals surface area (Å²) in [6.07, 6.45) is 2.51. The molecule has 1 aliphatic carbocycles. The Hall–Kier alpha value is -3.07. The first-order valence-corrected chi connectivity index (χ1v) is 12.4. The minimum Gasteiger partial charge on any atom is -0.465 e. The van der Waals surface area contributed by atoms with Crippen LogP contribution in [0.2, 0.25) is 0 Å². The van der Waals surface area contributed by atoms with Gasteiger partial charge in [0.25, 0.3) is 0 Å². The maximum atomic E-state index is 13.8. The number of halogens is 2. The Kier molecular flexibility index (Phi) is 7.88. The molecule has 1 aromatic carbocycles. The second-order valence-electron chi connectivity index (χ2n) is 9.97. The van der Waals surface area contributed by atoms with Crippen LogP contribution in [0.25, 0.3) is 0 Å². The van der Waals surface area contributed by atoms with Gasteiger partial charge >= 0.3 is 12.6 Å². The number of amides is 1. The summed E-state index contributed by atoms with van der Waals surface area (Å²) in [5.41, 5.74) is 1.74. The molecule has 2 aliphatic rings. The van der Waals surface area contributed by atoms with Gasteiger partial charge < -0.3 is 19.7 Å². The third-order valence-corrected chi connectivity index (χ3v) is 6.74. The first kappa shape index (κ1) is 26.0. The number of hydrogen-bond donors (Lipinski definition) is 1. The van der Waals surface area contributed by atoms with E-state index >= 15 is 0 Å². The van der Waals surface area contributed by atoms with Gasteiger partial charge in [-0.05, 0) is 55.4 Å². The lowest BCUT2D eigenvalue weighted by Crippen LogP contribution is -2.65. The standard InChI is InChI=1S/C27H33F2N3O4/c1-17(2)20-7-4-5-8-21(20)27(15-32(16-27)13-6-14-35-24(33)19-10-11-19)25(34)31-22-12-9-18(3)30-23(22)36-26(28)29/h4-5,7-9,12,17,19,26H,6,10-11,13-16H2,1-3H3,(H,31,34). The zero-order valence-corrected chi connectivity index (χ0v) is 20.9. The van der Waals surface area contributed by atoms with Crippen molar-refractivity contribution >= 4 is 17.6 Å². The number of alkyl halides is 2. The van der Waals surface area contributed by atoms with Crippen LogP contribution in [-0.4, -0.2) is 54.6 Å². The lowest BCUT2D eigenvalue weighted by Gasteiger charge is -2.50.